The Labute approximate surface area is 133 Å². The molecule has 7 heteroatoms. The standard InChI is InChI=1S/C15H17ClN4O2/c16-12-5-10(6-13-15(12)22-4-3-21-13)7-17-11-1-2-14-18-9-19-20(14)8-11/h5-6,9,11,17H,1-4,7-8H2/t11-/m1/s1. The minimum atomic E-state index is 0.390. The van der Waals surface area contributed by atoms with Crippen LogP contribution in [0.4, 0.5) is 0 Å². The minimum Gasteiger partial charge on any atom is -0.486 e. The Hall–Kier alpha value is -1.79. The summed E-state index contributed by atoms with van der Waals surface area (Å²) in [6.07, 6.45) is 3.65. The average Bonchev–Trinajstić information content (AvgIpc) is 3.00. The van der Waals surface area contributed by atoms with Gasteiger partial charge in [0.15, 0.2) is 11.5 Å². The number of rotatable bonds is 3. The first-order chi connectivity index (χ1) is 10.8. The predicted molar refractivity (Wildman–Crippen MR) is 81.4 cm³/mol. The van der Waals surface area contributed by atoms with E-state index in [0.717, 1.165) is 43.1 Å². The number of fused-ring (bicyclic) bond motifs is 2. The highest BCUT2D eigenvalue weighted by Crippen LogP contribution is 2.38. The third-order valence-electron chi connectivity index (χ3n) is 4.06. The number of hydrogen-bond acceptors (Lipinski definition) is 5. The van der Waals surface area contributed by atoms with Crippen LogP contribution in [0.15, 0.2) is 18.5 Å². The normalized spacial score (nSPS) is 19.8. The smallest absolute Gasteiger partial charge is 0.179 e. The van der Waals surface area contributed by atoms with Crippen molar-refractivity contribution in [1.29, 1.82) is 0 Å². The number of aryl methyl sites for hydroxylation is 1. The Morgan fingerprint density at radius 1 is 1.32 bits per heavy atom. The SMILES string of the molecule is Clc1cc(CN[C@@H]2CCc3ncnn3C2)cc2c1OCCO2. The lowest BCUT2D eigenvalue weighted by atomic mass is 10.1. The molecule has 116 valence electrons. The zero-order valence-electron chi connectivity index (χ0n) is 12.1. The predicted octanol–water partition coefficient (Wildman–Crippen LogP) is 1.81. The molecule has 2 aliphatic rings. The summed E-state index contributed by atoms with van der Waals surface area (Å²) < 4.78 is 13.1. The van der Waals surface area contributed by atoms with Crippen molar-refractivity contribution in [3.63, 3.8) is 0 Å². The van der Waals surface area contributed by atoms with Crippen LogP contribution in [0, 0.1) is 0 Å². The fourth-order valence-electron chi connectivity index (χ4n) is 2.93. The van der Waals surface area contributed by atoms with Crippen LogP contribution in [0.2, 0.25) is 5.02 Å². The van der Waals surface area contributed by atoms with Gasteiger partial charge in [-0.25, -0.2) is 9.67 Å². The van der Waals surface area contributed by atoms with Crippen molar-refractivity contribution < 1.29 is 9.47 Å². The summed E-state index contributed by atoms with van der Waals surface area (Å²) in [5.74, 6) is 2.46. The van der Waals surface area contributed by atoms with Crippen LogP contribution < -0.4 is 14.8 Å². The molecule has 0 saturated heterocycles. The molecule has 0 amide bonds. The zero-order chi connectivity index (χ0) is 14.9. The molecule has 22 heavy (non-hydrogen) atoms. The van der Waals surface area contributed by atoms with Crippen LogP contribution in [0.5, 0.6) is 11.5 Å². The average molecular weight is 321 g/mol. The molecule has 0 fully saturated rings. The van der Waals surface area contributed by atoms with Crippen LogP contribution in [-0.4, -0.2) is 34.0 Å². The first-order valence-electron chi connectivity index (χ1n) is 7.47. The number of aromatic nitrogens is 3. The second-order valence-electron chi connectivity index (χ2n) is 5.58. The molecule has 6 nitrogen and oxygen atoms in total. The van der Waals surface area contributed by atoms with Crippen molar-refractivity contribution in [2.75, 3.05) is 13.2 Å². The third kappa shape index (κ3) is 2.64. The number of hydrogen-bond donors (Lipinski definition) is 1. The van der Waals surface area contributed by atoms with Crippen molar-refractivity contribution in [3.05, 3.63) is 34.9 Å². The molecule has 1 aromatic heterocycles. The molecule has 0 saturated carbocycles. The summed E-state index contributed by atoms with van der Waals surface area (Å²) >= 11 is 6.27. The van der Waals surface area contributed by atoms with E-state index in [1.54, 1.807) is 6.33 Å². The van der Waals surface area contributed by atoms with Gasteiger partial charge in [0.05, 0.1) is 11.6 Å². The van der Waals surface area contributed by atoms with Gasteiger partial charge in [0.1, 0.15) is 25.4 Å². The van der Waals surface area contributed by atoms with Crippen LogP contribution >= 0.6 is 11.6 Å². The lowest BCUT2D eigenvalue weighted by Crippen LogP contribution is -2.37. The van der Waals surface area contributed by atoms with Gasteiger partial charge in [-0.05, 0) is 24.1 Å². The van der Waals surface area contributed by atoms with Crippen molar-refractivity contribution in [1.82, 2.24) is 20.1 Å². The second kappa shape index (κ2) is 5.78. The quantitative estimate of drug-likeness (QED) is 0.934. The molecule has 0 aliphatic carbocycles. The lowest BCUT2D eigenvalue weighted by Gasteiger charge is -2.24. The summed E-state index contributed by atoms with van der Waals surface area (Å²) in [5.41, 5.74) is 1.10. The first-order valence-corrected chi connectivity index (χ1v) is 7.85. The fraction of sp³-hybridized carbons (Fsp3) is 0.467. The molecule has 0 unspecified atom stereocenters. The number of benzene rings is 1. The Morgan fingerprint density at radius 3 is 3.18 bits per heavy atom. The Kier molecular flexibility index (Phi) is 3.63. The molecule has 0 bridgehead atoms. The molecular formula is C15H17ClN4O2. The summed E-state index contributed by atoms with van der Waals surface area (Å²) in [6, 6.07) is 4.32. The van der Waals surface area contributed by atoms with Crippen LogP contribution in [-0.2, 0) is 19.5 Å². The number of nitrogens with one attached hydrogen (secondary N) is 1. The maximum atomic E-state index is 6.27. The molecule has 1 atom stereocenters. The lowest BCUT2D eigenvalue weighted by molar-refractivity contribution is 0.171. The fourth-order valence-corrected chi connectivity index (χ4v) is 3.22. The van der Waals surface area contributed by atoms with Crippen molar-refractivity contribution in [3.8, 4) is 11.5 Å². The molecule has 0 radical (unpaired) electrons. The molecule has 0 spiro atoms. The Morgan fingerprint density at radius 2 is 2.23 bits per heavy atom. The van der Waals surface area contributed by atoms with Crippen molar-refractivity contribution >= 4 is 11.6 Å². The molecule has 2 aromatic rings. The van der Waals surface area contributed by atoms with Gasteiger partial charge >= 0.3 is 0 Å². The van der Waals surface area contributed by atoms with E-state index in [2.05, 4.69) is 15.4 Å². The first kappa shape index (κ1) is 13.8. The van der Waals surface area contributed by atoms with E-state index in [9.17, 15) is 0 Å². The zero-order valence-corrected chi connectivity index (χ0v) is 12.8. The summed E-state index contributed by atoms with van der Waals surface area (Å²) in [5, 5.41) is 8.41. The number of ether oxygens (including phenoxy) is 2. The van der Waals surface area contributed by atoms with Gasteiger partial charge in [0.25, 0.3) is 0 Å². The molecule has 3 heterocycles. The molecule has 1 N–H and O–H groups in total. The molecule has 4 rings (SSSR count). The summed E-state index contributed by atoms with van der Waals surface area (Å²) in [6.45, 7) is 2.71. The summed E-state index contributed by atoms with van der Waals surface area (Å²) in [7, 11) is 0. The van der Waals surface area contributed by atoms with E-state index in [-0.39, 0.29) is 0 Å². The van der Waals surface area contributed by atoms with E-state index in [1.165, 1.54) is 0 Å². The molecule has 1 aromatic carbocycles. The van der Waals surface area contributed by atoms with E-state index in [0.29, 0.717) is 30.0 Å². The van der Waals surface area contributed by atoms with Gasteiger partial charge in [-0.1, -0.05) is 11.6 Å². The Bertz CT molecular complexity index is 688. The Balaban J connectivity index is 1.43. The maximum absolute atomic E-state index is 6.27. The van der Waals surface area contributed by atoms with E-state index >= 15 is 0 Å². The van der Waals surface area contributed by atoms with E-state index in [4.69, 9.17) is 21.1 Å². The largest absolute Gasteiger partial charge is 0.486 e. The van der Waals surface area contributed by atoms with Crippen molar-refractivity contribution in [2.24, 2.45) is 0 Å². The van der Waals surface area contributed by atoms with E-state index < -0.39 is 0 Å². The second-order valence-corrected chi connectivity index (χ2v) is 5.98. The van der Waals surface area contributed by atoms with E-state index in [1.807, 2.05) is 16.8 Å². The number of nitrogens with zero attached hydrogens (tertiary/aromatic N) is 3. The minimum absolute atomic E-state index is 0.390. The van der Waals surface area contributed by atoms with Gasteiger partial charge in [-0.2, -0.15) is 5.10 Å². The maximum Gasteiger partial charge on any atom is 0.179 e. The number of halogens is 1. The van der Waals surface area contributed by atoms with Gasteiger partial charge in [-0.3, -0.25) is 0 Å². The van der Waals surface area contributed by atoms with Crippen LogP contribution in [0.3, 0.4) is 0 Å². The molecular weight excluding hydrogens is 304 g/mol. The highest BCUT2D eigenvalue weighted by molar-refractivity contribution is 6.32. The topological polar surface area (TPSA) is 61.2 Å². The van der Waals surface area contributed by atoms with Gasteiger partial charge in [0, 0.05) is 19.0 Å². The third-order valence-corrected chi connectivity index (χ3v) is 4.34. The highest BCUT2D eigenvalue weighted by atomic mass is 35.5. The molecule has 2 aliphatic heterocycles. The summed E-state index contributed by atoms with van der Waals surface area (Å²) in [4.78, 5) is 4.25. The van der Waals surface area contributed by atoms with Gasteiger partial charge in [-0.15, -0.1) is 0 Å². The van der Waals surface area contributed by atoms with Crippen LogP contribution in [0.25, 0.3) is 0 Å². The van der Waals surface area contributed by atoms with Gasteiger partial charge < -0.3 is 14.8 Å². The van der Waals surface area contributed by atoms with Crippen LogP contribution in [0.1, 0.15) is 17.8 Å². The van der Waals surface area contributed by atoms with Crippen molar-refractivity contribution in [2.45, 2.75) is 32.0 Å². The monoisotopic (exact) mass is 320 g/mol. The van der Waals surface area contributed by atoms with Gasteiger partial charge in [0.2, 0.25) is 0 Å². The highest BCUT2D eigenvalue weighted by Gasteiger charge is 2.20.